The van der Waals surface area contributed by atoms with Crippen molar-refractivity contribution in [1.29, 1.82) is 0 Å². The number of halogens is 1. The zero-order chi connectivity index (χ0) is 16.9. The highest BCUT2D eigenvalue weighted by Gasteiger charge is 2.35. The summed E-state index contributed by atoms with van der Waals surface area (Å²) in [5.41, 5.74) is 1.64. The molecule has 0 radical (unpaired) electrons. The lowest BCUT2D eigenvalue weighted by molar-refractivity contribution is 0.181. The van der Waals surface area contributed by atoms with Crippen molar-refractivity contribution in [1.82, 2.24) is 10.2 Å². The Morgan fingerprint density at radius 1 is 1.29 bits per heavy atom. The first-order valence-corrected chi connectivity index (χ1v) is 8.93. The predicted molar refractivity (Wildman–Crippen MR) is 94.3 cm³/mol. The molecule has 1 aliphatic carbocycles. The van der Waals surface area contributed by atoms with Crippen LogP contribution in [0.2, 0.25) is 0 Å². The number of ether oxygens (including phenoxy) is 1. The van der Waals surface area contributed by atoms with Gasteiger partial charge in [-0.3, -0.25) is 4.99 Å². The third kappa shape index (κ3) is 3.89. The predicted octanol–water partition coefficient (Wildman–Crippen LogP) is 3.17. The molecule has 2 aliphatic rings. The van der Waals surface area contributed by atoms with E-state index in [1.807, 2.05) is 19.2 Å². The van der Waals surface area contributed by atoms with Crippen LogP contribution in [-0.2, 0) is 17.9 Å². The van der Waals surface area contributed by atoms with Crippen molar-refractivity contribution >= 4 is 5.96 Å². The Balaban J connectivity index is 1.59. The lowest BCUT2D eigenvalue weighted by Crippen LogP contribution is -2.39. The van der Waals surface area contributed by atoms with Gasteiger partial charge in [-0.05, 0) is 42.4 Å². The van der Waals surface area contributed by atoms with Crippen LogP contribution in [0.25, 0.3) is 0 Å². The molecule has 1 heterocycles. The Morgan fingerprint density at radius 3 is 2.62 bits per heavy atom. The standard InChI is InChI=1S/C19H28FN3O/c1-21-19(23-11-15-5-3-4-6-16(15)12-23)22-10-14-7-8-18(20)17(9-14)13-24-2/h7-9,15-16H,3-6,10-13H2,1-2H3,(H,21,22). The molecule has 1 aliphatic heterocycles. The fourth-order valence-electron chi connectivity index (χ4n) is 4.10. The summed E-state index contributed by atoms with van der Waals surface area (Å²) in [6, 6.07) is 5.19. The van der Waals surface area contributed by atoms with Crippen LogP contribution in [0.4, 0.5) is 4.39 Å². The van der Waals surface area contributed by atoms with Gasteiger partial charge < -0.3 is 15.0 Å². The molecule has 1 N–H and O–H groups in total. The number of aliphatic imine (C=N–C) groups is 1. The summed E-state index contributed by atoms with van der Waals surface area (Å²) < 4.78 is 18.8. The summed E-state index contributed by atoms with van der Waals surface area (Å²) in [7, 11) is 3.42. The first-order valence-electron chi connectivity index (χ1n) is 8.93. The SMILES string of the molecule is CN=C(NCc1ccc(F)c(COC)c1)N1CC2CCCCC2C1. The van der Waals surface area contributed by atoms with Crippen LogP contribution in [0.5, 0.6) is 0 Å². The largest absolute Gasteiger partial charge is 0.380 e. The monoisotopic (exact) mass is 333 g/mol. The summed E-state index contributed by atoms with van der Waals surface area (Å²) in [6.07, 6.45) is 5.46. The maximum atomic E-state index is 13.7. The average Bonchev–Trinajstić information content (AvgIpc) is 3.02. The number of guanidine groups is 1. The second-order valence-electron chi connectivity index (χ2n) is 6.97. The van der Waals surface area contributed by atoms with E-state index >= 15 is 0 Å². The van der Waals surface area contributed by atoms with E-state index in [0.29, 0.717) is 18.7 Å². The van der Waals surface area contributed by atoms with Gasteiger partial charge in [-0.2, -0.15) is 0 Å². The van der Waals surface area contributed by atoms with Crippen LogP contribution in [0.1, 0.15) is 36.8 Å². The molecule has 5 heteroatoms. The molecule has 0 spiro atoms. The third-order valence-electron chi connectivity index (χ3n) is 5.35. The molecule has 4 nitrogen and oxygen atoms in total. The van der Waals surface area contributed by atoms with Crippen molar-refractivity contribution in [3.05, 3.63) is 35.1 Å². The first-order chi connectivity index (χ1) is 11.7. The van der Waals surface area contributed by atoms with Crippen LogP contribution in [0.3, 0.4) is 0 Å². The molecule has 132 valence electrons. The normalized spacial score (nSPS) is 24.1. The van der Waals surface area contributed by atoms with Gasteiger partial charge in [-0.1, -0.05) is 18.9 Å². The molecule has 0 aromatic heterocycles. The van der Waals surface area contributed by atoms with Crippen molar-refractivity contribution in [3.63, 3.8) is 0 Å². The van der Waals surface area contributed by atoms with Crippen molar-refractivity contribution in [2.24, 2.45) is 16.8 Å². The molecule has 1 aromatic carbocycles. The molecular weight excluding hydrogens is 305 g/mol. The molecule has 1 saturated heterocycles. The molecule has 2 unspecified atom stereocenters. The van der Waals surface area contributed by atoms with Crippen LogP contribution >= 0.6 is 0 Å². The number of likely N-dealkylation sites (tertiary alicyclic amines) is 1. The topological polar surface area (TPSA) is 36.9 Å². The molecule has 0 bridgehead atoms. The minimum absolute atomic E-state index is 0.214. The van der Waals surface area contributed by atoms with E-state index in [1.165, 1.54) is 31.7 Å². The quantitative estimate of drug-likeness (QED) is 0.679. The summed E-state index contributed by atoms with van der Waals surface area (Å²) >= 11 is 0. The highest BCUT2D eigenvalue weighted by molar-refractivity contribution is 5.80. The minimum Gasteiger partial charge on any atom is -0.380 e. The van der Waals surface area contributed by atoms with Gasteiger partial charge in [0.25, 0.3) is 0 Å². The Labute approximate surface area is 144 Å². The second-order valence-corrected chi connectivity index (χ2v) is 6.97. The van der Waals surface area contributed by atoms with Gasteiger partial charge in [0.1, 0.15) is 5.82 Å². The molecular formula is C19H28FN3O. The van der Waals surface area contributed by atoms with E-state index in [1.54, 1.807) is 7.11 Å². The fourth-order valence-corrected chi connectivity index (χ4v) is 4.10. The average molecular weight is 333 g/mol. The van der Waals surface area contributed by atoms with Crippen LogP contribution in [0, 0.1) is 17.7 Å². The van der Waals surface area contributed by atoms with Gasteiger partial charge in [0.15, 0.2) is 5.96 Å². The molecule has 24 heavy (non-hydrogen) atoms. The number of fused-ring (bicyclic) bond motifs is 1. The Kier molecular flexibility index (Phi) is 5.72. The fraction of sp³-hybridized carbons (Fsp3) is 0.632. The molecule has 2 fully saturated rings. The van der Waals surface area contributed by atoms with Crippen LogP contribution in [-0.4, -0.2) is 38.1 Å². The second kappa shape index (κ2) is 7.97. The maximum Gasteiger partial charge on any atom is 0.193 e. The number of methoxy groups -OCH3 is 1. The van der Waals surface area contributed by atoms with Crippen LogP contribution < -0.4 is 5.32 Å². The van der Waals surface area contributed by atoms with Crippen molar-refractivity contribution in [3.8, 4) is 0 Å². The van der Waals surface area contributed by atoms with E-state index in [2.05, 4.69) is 15.2 Å². The van der Waals surface area contributed by atoms with Gasteiger partial charge in [0.05, 0.1) is 6.61 Å². The number of rotatable bonds is 4. The summed E-state index contributed by atoms with van der Waals surface area (Å²) in [5.74, 6) is 2.41. The van der Waals surface area contributed by atoms with E-state index in [9.17, 15) is 4.39 Å². The Morgan fingerprint density at radius 2 is 2.00 bits per heavy atom. The van der Waals surface area contributed by atoms with E-state index in [-0.39, 0.29) is 5.82 Å². The number of nitrogens with zero attached hydrogens (tertiary/aromatic N) is 2. The molecule has 0 amide bonds. The zero-order valence-corrected chi connectivity index (χ0v) is 14.7. The van der Waals surface area contributed by atoms with Gasteiger partial charge >= 0.3 is 0 Å². The minimum atomic E-state index is -0.214. The van der Waals surface area contributed by atoms with Gasteiger partial charge in [0.2, 0.25) is 0 Å². The van der Waals surface area contributed by atoms with Crippen molar-refractivity contribution in [2.45, 2.75) is 38.8 Å². The number of benzene rings is 1. The first kappa shape index (κ1) is 17.2. The van der Waals surface area contributed by atoms with Crippen LogP contribution in [0.15, 0.2) is 23.2 Å². The van der Waals surface area contributed by atoms with E-state index in [4.69, 9.17) is 4.74 Å². The van der Waals surface area contributed by atoms with E-state index in [0.717, 1.165) is 36.4 Å². The van der Waals surface area contributed by atoms with Gasteiger partial charge in [0, 0.05) is 39.4 Å². The molecule has 1 aromatic rings. The summed E-state index contributed by atoms with van der Waals surface area (Å²) in [5, 5.41) is 3.44. The number of hydrogen-bond donors (Lipinski definition) is 1. The number of nitrogens with one attached hydrogen (secondary N) is 1. The van der Waals surface area contributed by atoms with Gasteiger partial charge in [-0.15, -0.1) is 0 Å². The van der Waals surface area contributed by atoms with Crippen molar-refractivity contribution in [2.75, 3.05) is 27.2 Å². The maximum absolute atomic E-state index is 13.7. The lowest BCUT2D eigenvalue weighted by Gasteiger charge is -2.22. The Hall–Kier alpha value is -1.62. The highest BCUT2D eigenvalue weighted by Crippen LogP contribution is 2.35. The number of hydrogen-bond acceptors (Lipinski definition) is 2. The Bertz CT molecular complexity index is 576. The summed E-state index contributed by atoms with van der Waals surface area (Å²) in [6.45, 7) is 3.17. The summed E-state index contributed by atoms with van der Waals surface area (Å²) in [4.78, 5) is 6.84. The highest BCUT2D eigenvalue weighted by atomic mass is 19.1. The smallest absolute Gasteiger partial charge is 0.193 e. The molecule has 3 rings (SSSR count). The molecule has 2 atom stereocenters. The molecule has 1 saturated carbocycles. The third-order valence-corrected chi connectivity index (χ3v) is 5.35. The zero-order valence-electron chi connectivity index (χ0n) is 14.7. The van der Waals surface area contributed by atoms with Crippen molar-refractivity contribution < 1.29 is 9.13 Å². The van der Waals surface area contributed by atoms with E-state index < -0.39 is 0 Å². The lowest BCUT2D eigenvalue weighted by atomic mass is 9.82. The van der Waals surface area contributed by atoms with Gasteiger partial charge in [-0.25, -0.2) is 4.39 Å².